The lowest BCUT2D eigenvalue weighted by molar-refractivity contribution is -0.119. The summed E-state index contributed by atoms with van der Waals surface area (Å²) in [5.74, 6) is 0.138. The van der Waals surface area contributed by atoms with Gasteiger partial charge in [-0.1, -0.05) is 18.2 Å². The van der Waals surface area contributed by atoms with Crippen LogP contribution in [0.1, 0.15) is 32.9 Å². The number of carbonyl (C=O) groups is 1. The van der Waals surface area contributed by atoms with Gasteiger partial charge in [-0.25, -0.2) is 0 Å². The van der Waals surface area contributed by atoms with Gasteiger partial charge in [-0.3, -0.25) is 9.48 Å². The maximum absolute atomic E-state index is 12.0. The monoisotopic (exact) mass is 259 g/mol. The highest BCUT2D eigenvalue weighted by Crippen LogP contribution is 2.20. The number of rotatable bonds is 5. The number of nitrogens with two attached hydrogens (primary N) is 1. The molecule has 2 aromatic rings. The highest BCUT2D eigenvalue weighted by atomic mass is 16.1. The Morgan fingerprint density at radius 2 is 2.05 bits per heavy atom. The molecule has 0 amide bonds. The summed E-state index contributed by atoms with van der Waals surface area (Å²) in [5.41, 5.74) is 7.37. The summed E-state index contributed by atoms with van der Waals surface area (Å²) in [5, 5.41) is 5.60. The predicted octanol–water partition coefficient (Wildman–Crippen LogP) is 2.30. The van der Waals surface area contributed by atoms with E-state index in [0.29, 0.717) is 12.8 Å². The number of carbonyl (C=O) groups excluding carboxylic acids is 1. The first-order valence-corrected chi connectivity index (χ1v) is 6.65. The second-order valence-electron chi connectivity index (χ2n) is 5.66. The minimum Gasteiger partial charge on any atom is -0.325 e. The fourth-order valence-electron chi connectivity index (χ4n) is 2.33. The molecule has 2 N–H and O–H groups in total. The summed E-state index contributed by atoms with van der Waals surface area (Å²) in [6.07, 6.45) is 0.731. The molecule has 1 heterocycles. The van der Waals surface area contributed by atoms with Crippen LogP contribution in [0.4, 0.5) is 0 Å². The number of benzene rings is 1. The number of nitrogens with zero attached hydrogens (tertiary/aromatic N) is 2. The Bertz CT molecular complexity index is 593. The van der Waals surface area contributed by atoms with E-state index in [1.165, 1.54) is 0 Å². The van der Waals surface area contributed by atoms with Crippen LogP contribution in [0, 0.1) is 0 Å². The molecule has 0 saturated heterocycles. The lowest BCUT2D eigenvalue weighted by atomic mass is 9.96. The van der Waals surface area contributed by atoms with Gasteiger partial charge < -0.3 is 5.73 Å². The van der Waals surface area contributed by atoms with E-state index in [1.54, 1.807) is 0 Å². The average Bonchev–Trinajstić information content (AvgIpc) is 2.65. The van der Waals surface area contributed by atoms with Crippen LogP contribution in [0.15, 0.2) is 24.3 Å². The molecule has 0 bridgehead atoms. The summed E-state index contributed by atoms with van der Waals surface area (Å²) in [6.45, 7) is 6.59. The summed E-state index contributed by atoms with van der Waals surface area (Å²) in [6, 6.07) is 8.02. The normalized spacial score (nSPS) is 12.0. The molecule has 0 aliphatic carbocycles. The maximum Gasteiger partial charge on any atom is 0.140 e. The molecule has 19 heavy (non-hydrogen) atoms. The van der Waals surface area contributed by atoms with E-state index in [-0.39, 0.29) is 5.78 Å². The van der Waals surface area contributed by atoms with E-state index in [2.05, 4.69) is 5.10 Å². The third-order valence-electron chi connectivity index (χ3n) is 3.05. The molecule has 0 aliphatic rings. The van der Waals surface area contributed by atoms with Crippen molar-refractivity contribution in [1.29, 1.82) is 0 Å². The third kappa shape index (κ3) is 3.20. The van der Waals surface area contributed by atoms with Crippen LogP contribution in [0.5, 0.6) is 0 Å². The maximum atomic E-state index is 12.0. The number of hydrogen-bond donors (Lipinski definition) is 1. The van der Waals surface area contributed by atoms with Crippen LogP contribution in [0.2, 0.25) is 0 Å². The van der Waals surface area contributed by atoms with Gasteiger partial charge in [0.2, 0.25) is 0 Å². The lowest BCUT2D eigenvalue weighted by Gasteiger charge is -2.16. The quantitative estimate of drug-likeness (QED) is 0.896. The molecule has 0 spiro atoms. The summed E-state index contributed by atoms with van der Waals surface area (Å²) >= 11 is 0. The molecular formula is C15H21N3O. The molecule has 0 aliphatic heterocycles. The Labute approximate surface area is 113 Å². The van der Waals surface area contributed by atoms with E-state index in [1.807, 2.05) is 49.7 Å². The molecule has 0 radical (unpaired) electrons. The molecule has 0 saturated carbocycles. The highest BCUT2D eigenvalue weighted by Gasteiger charge is 2.19. The minimum absolute atomic E-state index is 0.138. The van der Waals surface area contributed by atoms with Gasteiger partial charge >= 0.3 is 0 Å². The van der Waals surface area contributed by atoms with Gasteiger partial charge in [-0.05, 0) is 26.8 Å². The van der Waals surface area contributed by atoms with E-state index in [0.717, 1.165) is 23.1 Å². The Kier molecular flexibility index (Phi) is 3.71. The van der Waals surface area contributed by atoms with Crippen molar-refractivity contribution in [3.63, 3.8) is 0 Å². The number of hydrogen-bond acceptors (Lipinski definition) is 3. The molecule has 0 fully saturated rings. The van der Waals surface area contributed by atoms with Gasteiger partial charge in [0.25, 0.3) is 0 Å². The summed E-state index contributed by atoms with van der Waals surface area (Å²) < 4.78 is 1.94. The van der Waals surface area contributed by atoms with Crippen molar-refractivity contribution in [2.75, 3.05) is 0 Å². The van der Waals surface area contributed by atoms with Crippen molar-refractivity contribution in [2.45, 2.75) is 45.7 Å². The number of aromatic nitrogens is 2. The molecule has 2 rings (SSSR count). The predicted molar refractivity (Wildman–Crippen MR) is 77.0 cm³/mol. The first-order chi connectivity index (χ1) is 8.90. The molecular weight excluding hydrogens is 238 g/mol. The van der Waals surface area contributed by atoms with Gasteiger partial charge in [-0.15, -0.1) is 0 Å². The van der Waals surface area contributed by atoms with E-state index in [9.17, 15) is 4.79 Å². The van der Waals surface area contributed by atoms with E-state index >= 15 is 0 Å². The molecule has 0 unspecified atom stereocenters. The second kappa shape index (κ2) is 5.13. The summed E-state index contributed by atoms with van der Waals surface area (Å²) in [7, 11) is 0. The third-order valence-corrected chi connectivity index (χ3v) is 3.05. The van der Waals surface area contributed by atoms with Crippen molar-refractivity contribution >= 4 is 16.7 Å². The van der Waals surface area contributed by atoms with E-state index in [4.69, 9.17) is 5.73 Å². The standard InChI is InChI=1S/C15H21N3O/c1-4-18-14-8-6-5-7-12(14)13(17-18)9-11(19)10-15(2,3)16/h5-8H,4,9-10,16H2,1-3H3. The Morgan fingerprint density at radius 3 is 2.68 bits per heavy atom. The Balaban J connectivity index is 2.28. The highest BCUT2D eigenvalue weighted by molar-refractivity contribution is 5.89. The summed E-state index contributed by atoms with van der Waals surface area (Å²) in [4.78, 5) is 12.0. The average molecular weight is 259 g/mol. The van der Waals surface area contributed by atoms with Crippen molar-refractivity contribution in [3.05, 3.63) is 30.0 Å². The van der Waals surface area contributed by atoms with Gasteiger partial charge in [0.1, 0.15) is 5.78 Å². The van der Waals surface area contributed by atoms with Gasteiger partial charge in [0.05, 0.1) is 17.6 Å². The number of para-hydroxylation sites is 1. The van der Waals surface area contributed by atoms with Gasteiger partial charge in [0.15, 0.2) is 0 Å². The van der Waals surface area contributed by atoms with Crippen molar-refractivity contribution in [2.24, 2.45) is 5.73 Å². The van der Waals surface area contributed by atoms with Gasteiger partial charge in [-0.2, -0.15) is 5.10 Å². The SMILES string of the molecule is CCn1nc(CC(=O)CC(C)(C)N)c2ccccc21. The first kappa shape index (κ1) is 13.7. The van der Waals surface area contributed by atoms with Crippen molar-refractivity contribution in [3.8, 4) is 0 Å². The van der Waals surface area contributed by atoms with Crippen molar-refractivity contribution in [1.82, 2.24) is 9.78 Å². The van der Waals surface area contributed by atoms with Crippen LogP contribution >= 0.6 is 0 Å². The molecule has 0 atom stereocenters. The topological polar surface area (TPSA) is 60.9 Å². The Hall–Kier alpha value is -1.68. The number of aryl methyl sites for hydroxylation is 1. The zero-order valence-corrected chi connectivity index (χ0v) is 11.8. The first-order valence-electron chi connectivity index (χ1n) is 6.65. The second-order valence-corrected chi connectivity index (χ2v) is 5.66. The largest absolute Gasteiger partial charge is 0.325 e. The fourth-order valence-corrected chi connectivity index (χ4v) is 2.33. The van der Waals surface area contributed by atoms with Crippen LogP contribution < -0.4 is 5.73 Å². The molecule has 4 nitrogen and oxygen atoms in total. The zero-order valence-electron chi connectivity index (χ0n) is 11.8. The molecule has 1 aromatic carbocycles. The van der Waals surface area contributed by atoms with Crippen molar-refractivity contribution < 1.29 is 4.79 Å². The molecule has 4 heteroatoms. The smallest absolute Gasteiger partial charge is 0.140 e. The number of fused-ring (bicyclic) bond motifs is 1. The Morgan fingerprint density at radius 1 is 1.37 bits per heavy atom. The molecule has 102 valence electrons. The van der Waals surface area contributed by atoms with Crippen LogP contribution in [0.25, 0.3) is 10.9 Å². The van der Waals surface area contributed by atoms with E-state index < -0.39 is 5.54 Å². The fraction of sp³-hybridized carbons (Fsp3) is 0.467. The minimum atomic E-state index is -0.458. The van der Waals surface area contributed by atoms with Gasteiger partial charge in [0, 0.05) is 23.9 Å². The molecule has 1 aromatic heterocycles. The zero-order chi connectivity index (χ0) is 14.0. The number of Topliss-reactive ketones (excluding diaryl/α,β-unsaturated/α-hetero) is 1. The van der Waals surface area contributed by atoms with Crippen LogP contribution in [-0.2, 0) is 17.8 Å². The lowest BCUT2D eigenvalue weighted by Crippen LogP contribution is -2.35. The van der Waals surface area contributed by atoms with Crippen LogP contribution in [-0.4, -0.2) is 21.1 Å². The number of ketones is 1. The van der Waals surface area contributed by atoms with Crippen LogP contribution in [0.3, 0.4) is 0 Å².